The van der Waals surface area contributed by atoms with Gasteiger partial charge in [-0.3, -0.25) is 4.79 Å². The Morgan fingerprint density at radius 2 is 1.72 bits per heavy atom. The number of benzene rings is 1. The molecule has 1 aromatic heterocycles. The minimum atomic E-state index is -3.59. The highest BCUT2D eigenvalue weighted by Gasteiger charge is 2.32. The molecule has 32 heavy (non-hydrogen) atoms. The minimum absolute atomic E-state index is 0.0313. The van der Waals surface area contributed by atoms with Gasteiger partial charge < -0.3 is 10.2 Å². The number of aromatic nitrogens is 1. The van der Waals surface area contributed by atoms with Crippen LogP contribution in [0.1, 0.15) is 37.7 Å². The van der Waals surface area contributed by atoms with Crippen molar-refractivity contribution in [2.45, 2.75) is 43.5 Å². The van der Waals surface area contributed by atoms with Gasteiger partial charge in [-0.05, 0) is 55.5 Å². The van der Waals surface area contributed by atoms with Crippen LogP contribution >= 0.6 is 0 Å². The molecule has 7 nitrogen and oxygen atoms in total. The number of hydrogen-bond donors (Lipinski definition) is 1. The van der Waals surface area contributed by atoms with E-state index in [0.29, 0.717) is 51.4 Å². The van der Waals surface area contributed by atoms with Gasteiger partial charge in [0.2, 0.25) is 15.9 Å². The van der Waals surface area contributed by atoms with Crippen molar-refractivity contribution in [2.75, 3.05) is 31.1 Å². The summed E-state index contributed by atoms with van der Waals surface area (Å²) in [7, 11) is -3.59. The predicted octanol–water partition coefficient (Wildman–Crippen LogP) is 2.93. The van der Waals surface area contributed by atoms with Crippen LogP contribution in [0, 0.1) is 11.7 Å². The van der Waals surface area contributed by atoms with Crippen molar-refractivity contribution < 1.29 is 17.6 Å². The Morgan fingerprint density at radius 1 is 1.03 bits per heavy atom. The number of nitrogens with one attached hydrogen (secondary N) is 1. The number of sulfonamides is 1. The van der Waals surface area contributed by atoms with Crippen LogP contribution in [0.2, 0.25) is 0 Å². The van der Waals surface area contributed by atoms with Crippen LogP contribution in [0.4, 0.5) is 10.2 Å². The number of pyridine rings is 1. The zero-order valence-electron chi connectivity index (χ0n) is 18.0. The van der Waals surface area contributed by atoms with E-state index in [1.54, 1.807) is 34.8 Å². The van der Waals surface area contributed by atoms with E-state index >= 15 is 0 Å². The quantitative estimate of drug-likeness (QED) is 0.717. The summed E-state index contributed by atoms with van der Waals surface area (Å²) in [6, 6.07) is 9.36. The fourth-order valence-electron chi connectivity index (χ4n) is 4.35. The van der Waals surface area contributed by atoms with Crippen LogP contribution in [0.25, 0.3) is 0 Å². The average Bonchev–Trinajstić information content (AvgIpc) is 2.84. The lowest BCUT2D eigenvalue weighted by molar-refractivity contribution is -0.125. The SMILES string of the molecule is O=C(NCc1ccc(F)cc1)C1CCN(c2ncccc2S(=O)(=O)N2CCCCC2)CC1. The molecule has 9 heteroatoms. The number of halogens is 1. The van der Waals surface area contributed by atoms with E-state index in [2.05, 4.69) is 10.3 Å². The van der Waals surface area contributed by atoms with Gasteiger partial charge in [0.25, 0.3) is 0 Å². The van der Waals surface area contributed by atoms with Crippen molar-refractivity contribution >= 4 is 21.7 Å². The lowest BCUT2D eigenvalue weighted by Crippen LogP contribution is -2.42. The highest BCUT2D eigenvalue weighted by atomic mass is 32.2. The molecule has 1 amide bonds. The third-order valence-corrected chi connectivity index (χ3v) is 8.15. The minimum Gasteiger partial charge on any atom is -0.355 e. The lowest BCUT2D eigenvalue weighted by atomic mass is 9.96. The largest absolute Gasteiger partial charge is 0.355 e. The van der Waals surface area contributed by atoms with E-state index in [1.165, 1.54) is 12.1 Å². The molecular weight excluding hydrogens is 431 g/mol. The average molecular weight is 461 g/mol. The van der Waals surface area contributed by atoms with Crippen molar-refractivity contribution in [2.24, 2.45) is 5.92 Å². The molecule has 172 valence electrons. The molecule has 2 aliphatic heterocycles. The Bertz CT molecular complexity index is 1030. The fraction of sp³-hybridized carbons (Fsp3) is 0.478. The van der Waals surface area contributed by atoms with Gasteiger partial charge in [-0.1, -0.05) is 18.6 Å². The number of anilines is 1. The second-order valence-corrected chi connectivity index (χ2v) is 10.3. The number of rotatable bonds is 6. The van der Waals surface area contributed by atoms with Crippen molar-refractivity contribution in [3.05, 3.63) is 54.0 Å². The summed E-state index contributed by atoms with van der Waals surface area (Å²) in [4.78, 5) is 19.2. The number of nitrogens with zero attached hydrogens (tertiary/aromatic N) is 3. The van der Waals surface area contributed by atoms with Crippen LogP contribution in [-0.4, -0.2) is 49.8 Å². The molecule has 0 saturated carbocycles. The molecule has 1 aromatic carbocycles. The standard InChI is InChI=1S/C23H29FN4O3S/c24-20-8-6-18(7-9-20)17-26-23(29)19-10-15-27(16-11-19)22-21(5-4-12-25-22)32(30,31)28-13-2-1-3-14-28/h4-9,12,19H,1-3,10-11,13-17H2,(H,26,29). The molecular formula is C23H29FN4O3S. The maximum atomic E-state index is 13.2. The van der Waals surface area contributed by atoms with Gasteiger partial charge in [-0.25, -0.2) is 17.8 Å². The summed E-state index contributed by atoms with van der Waals surface area (Å²) < 4.78 is 41.1. The summed E-state index contributed by atoms with van der Waals surface area (Å²) >= 11 is 0. The topological polar surface area (TPSA) is 82.6 Å². The van der Waals surface area contributed by atoms with E-state index in [4.69, 9.17) is 0 Å². The van der Waals surface area contributed by atoms with Gasteiger partial charge in [-0.2, -0.15) is 4.31 Å². The zero-order valence-corrected chi connectivity index (χ0v) is 18.9. The van der Waals surface area contributed by atoms with E-state index in [-0.39, 0.29) is 22.5 Å². The molecule has 2 saturated heterocycles. The summed E-state index contributed by atoms with van der Waals surface area (Å²) in [6.45, 7) is 2.58. The van der Waals surface area contributed by atoms with E-state index in [1.807, 2.05) is 4.90 Å². The lowest BCUT2D eigenvalue weighted by Gasteiger charge is -2.34. The van der Waals surface area contributed by atoms with Crippen LogP contribution < -0.4 is 10.2 Å². The maximum absolute atomic E-state index is 13.2. The van der Waals surface area contributed by atoms with Gasteiger partial charge in [0, 0.05) is 44.8 Å². The highest BCUT2D eigenvalue weighted by molar-refractivity contribution is 7.89. The molecule has 0 atom stereocenters. The summed E-state index contributed by atoms with van der Waals surface area (Å²) in [5.41, 5.74) is 0.846. The molecule has 0 spiro atoms. The van der Waals surface area contributed by atoms with Gasteiger partial charge in [0.15, 0.2) is 0 Å². The molecule has 2 fully saturated rings. The molecule has 0 unspecified atom stereocenters. The fourth-order valence-corrected chi connectivity index (χ4v) is 6.03. The third-order valence-electron chi connectivity index (χ3n) is 6.23. The Balaban J connectivity index is 1.38. The van der Waals surface area contributed by atoms with Crippen LogP contribution in [0.3, 0.4) is 0 Å². The molecule has 2 aromatic rings. The van der Waals surface area contributed by atoms with Gasteiger partial charge >= 0.3 is 0 Å². The Kier molecular flexibility index (Phi) is 7.05. The second kappa shape index (κ2) is 9.95. The Hall–Kier alpha value is -2.52. The monoisotopic (exact) mass is 460 g/mol. The molecule has 1 N–H and O–H groups in total. The van der Waals surface area contributed by atoms with Crippen LogP contribution in [0.5, 0.6) is 0 Å². The van der Waals surface area contributed by atoms with Crippen molar-refractivity contribution in [1.29, 1.82) is 0 Å². The third kappa shape index (κ3) is 5.10. The molecule has 3 heterocycles. The van der Waals surface area contributed by atoms with Crippen molar-refractivity contribution in [3.8, 4) is 0 Å². The van der Waals surface area contributed by atoms with Crippen LogP contribution in [-0.2, 0) is 21.4 Å². The first-order chi connectivity index (χ1) is 15.4. The molecule has 2 aliphatic rings. The maximum Gasteiger partial charge on any atom is 0.246 e. The number of hydrogen-bond acceptors (Lipinski definition) is 5. The first kappa shape index (κ1) is 22.7. The number of amides is 1. The predicted molar refractivity (Wildman–Crippen MR) is 120 cm³/mol. The first-order valence-corrected chi connectivity index (χ1v) is 12.6. The van der Waals surface area contributed by atoms with E-state index < -0.39 is 10.0 Å². The normalized spacial score (nSPS) is 18.5. The molecule has 0 bridgehead atoms. The number of carbonyl (C=O) groups excluding carboxylic acids is 1. The first-order valence-electron chi connectivity index (χ1n) is 11.2. The summed E-state index contributed by atoms with van der Waals surface area (Å²) in [6.07, 6.45) is 5.68. The van der Waals surface area contributed by atoms with E-state index in [9.17, 15) is 17.6 Å². The van der Waals surface area contributed by atoms with Gasteiger partial charge in [0.05, 0.1) is 0 Å². The number of carbonyl (C=O) groups is 1. The zero-order chi connectivity index (χ0) is 22.6. The van der Waals surface area contributed by atoms with E-state index in [0.717, 1.165) is 24.8 Å². The Morgan fingerprint density at radius 3 is 2.41 bits per heavy atom. The number of piperidine rings is 2. The van der Waals surface area contributed by atoms with Gasteiger partial charge in [-0.15, -0.1) is 0 Å². The van der Waals surface area contributed by atoms with Crippen molar-refractivity contribution in [3.63, 3.8) is 0 Å². The summed E-state index contributed by atoms with van der Waals surface area (Å²) in [5.74, 6) is 0.000559. The van der Waals surface area contributed by atoms with Crippen LogP contribution in [0.15, 0.2) is 47.5 Å². The molecule has 0 radical (unpaired) electrons. The Labute approximate surface area is 188 Å². The molecule has 0 aliphatic carbocycles. The highest BCUT2D eigenvalue weighted by Crippen LogP contribution is 2.30. The molecule has 4 rings (SSSR count). The van der Waals surface area contributed by atoms with Gasteiger partial charge in [0.1, 0.15) is 16.5 Å². The van der Waals surface area contributed by atoms with Crippen molar-refractivity contribution in [1.82, 2.24) is 14.6 Å². The summed E-state index contributed by atoms with van der Waals surface area (Å²) in [5, 5.41) is 2.92. The smallest absolute Gasteiger partial charge is 0.246 e. The second-order valence-electron chi connectivity index (χ2n) is 8.40.